The standard InChI is InChI=1S/C12H27NO4/c1-12(2)13(4-6-14)5-7-16-10-11-17-9-8-15-3/h12,14H,4-11H2,1-3H3. The third-order valence-electron chi connectivity index (χ3n) is 2.44. The van der Waals surface area contributed by atoms with Gasteiger partial charge in [0.15, 0.2) is 0 Å². The van der Waals surface area contributed by atoms with Crippen molar-refractivity contribution in [3.8, 4) is 0 Å². The maximum absolute atomic E-state index is 8.89. The fourth-order valence-corrected chi connectivity index (χ4v) is 1.40. The van der Waals surface area contributed by atoms with Crippen molar-refractivity contribution in [1.29, 1.82) is 0 Å². The summed E-state index contributed by atoms with van der Waals surface area (Å²) >= 11 is 0. The molecule has 0 bridgehead atoms. The number of aliphatic hydroxyl groups is 1. The summed E-state index contributed by atoms with van der Waals surface area (Å²) in [6.07, 6.45) is 0. The van der Waals surface area contributed by atoms with E-state index in [1.165, 1.54) is 0 Å². The molecule has 0 aromatic heterocycles. The minimum Gasteiger partial charge on any atom is -0.395 e. The van der Waals surface area contributed by atoms with Crippen molar-refractivity contribution in [3.05, 3.63) is 0 Å². The van der Waals surface area contributed by atoms with Crippen LogP contribution >= 0.6 is 0 Å². The van der Waals surface area contributed by atoms with Crippen LogP contribution in [0.5, 0.6) is 0 Å². The molecule has 5 nitrogen and oxygen atoms in total. The van der Waals surface area contributed by atoms with Crippen molar-refractivity contribution in [2.45, 2.75) is 19.9 Å². The SMILES string of the molecule is COCCOCCOCCN(CCO)C(C)C. The second-order valence-corrected chi connectivity index (χ2v) is 4.07. The zero-order valence-corrected chi connectivity index (χ0v) is 11.4. The predicted molar refractivity (Wildman–Crippen MR) is 67.3 cm³/mol. The number of rotatable bonds is 12. The first-order valence-electron chi connectivity index (χ1n) is 6.21. The fraction of sp³-hybridized carbons (Fsp3) is 1.00. The lowest BCUT2D eigenvalue weighted by Crippen LogP contribution is -2.36. The van der Waals surface area contributed by atoms with Crippen LogP contribution in [0.4, 0.5) is 0 Å². The minimum atomic E-state index is 0.193. The Morgan fingerprint density at radius 2 is 1.53 bits per heavy atom. The molecular weight excluding hydrogens is 222 g/mol. The minimum absolute atomic E-state index is 0.193. The summed E-state index contributed by atoms with van der Waals surface area (Å²) in [4.78, 5) is 2.19. The van der Waals surface area contributed by atoms with Gasteiger partial charge in [0.25, 0.3) is 0 Å². The van der Waals surface area contributed by atoms with Gasteiger partial charge < -0.3 is 19.3 Å². The molecular formula is C12H27NO4. The van der Waals surface area contributed by atoms with E-state index in [2.05, 4.69) is 18.7 Å². The Balaban J connectivity index is 3.30. The smallest absolute Gasteiger partial charge is 0.0701 e. The van der Waals surface area contributed by atoms with Gasteiger partial charge >= 0.3 is 0 Å². The van der Waals surface area contributed by atoms with Crippen LogP contribution in [-0.2, 0) is 14.2 Å². The van der Waals surface area contributed by atoms with Crippen molar-refractivity contribution < 1.29 is 19.3 Å². The quantitative estimate of drug-likeness (QED) is 0.506. The summed E-state index contributed by atoms with van der Waals surface area (Å²) in [5, 5.41) is 8.89. The van der Waals surface area contributed by atoms with Crippen LogP contribution in [-0.4, -0.2) is 75.9 Å². The van der Waals surface area contributed by atoms with E-state index >= 15 is 0 Å². The van der Waals surface area contributed by atoms with Gasteiger partial charge in [0.2, 0.25) is 0 Å². The van der Waals surface area contributed by atoms with Gasteiger partial charge in [0.1, 0.15) is 0 Å². The van der Waals surface area contributed by atoms with Crippen molar-refractivity contribution in [1.82, 2.24) is 4.90 Å². The highest BCUT2D eigenvalue weighted by Crippen LogP contribution is 1.96. The molecule has 17 heavy (non-hydrogen) atoms. The molecule has 0 unspecified atom stereocenters. The van der Waals surface area contributed by atoms with Gasteiger partial charge in [-0.1, -0.05) is 0 Å². The maximum atomic E-state index is 8.89. The van der Waals surface area contributed by atoms with Gasteiger partial charge in [-0.15, -0.1) is 0 Å². The molecule has 0 aromatic rings. The summed E-state index contributed by atoms with van der Waals surface area (Å²) in [7, 11) is 1.65. The summed E-state index contributed by atoms with van der Waals surface area (Å²) in [6.45, 7) is 9.08. The van der Waals surface area contributed by atoms with Crippen LogP contribution < -0.4 is 0 Å². The molecule has 1 N–H and O–H groups in total. The average molecular weight is 249 g/mol. The van der Waals surface area contributed by atoms with Gasteiger partial charge in [-0.25, -0.2) is 0 Å². The predicted octanol–water partition coefficient (Wildman–Crippen LogP) is 0.369. The summed E-state index contributed by atoms with van der Waals surface area (Å²) in [6, 6.07) is 0.434. The number of hydrogen-bond acceptors (Lipinski definition) is 5. The van der Waals surface area contributed by atoms with Gasteiger partial charge in [-0.05, 0) is 13.8 Å². The molecule has 0 radical (unpaired) electrons. The molecule has 0 aliphatic rings. The molecule has 104 valence electrons. The average Bonchev–Trinajstić information content (AvgIpc) is 2.31. The Morgan fingerprint density at radius 3 is 2.06 bits per heavy atom. The molecule has 0 saturated carbocycles. The highest BCUT2D eigenvalue weighted by atomic mass is 16.5. The highest BCUT2D eigenvalue weighted by molar-refractivity contribution is 4.61. The van der Waals surface area contributed by atoms with Crippen molar-refractivity contribution in [2.24, 2.45) is 0 Å². The van der Waals surface area contributed by atoms with Crippen LogP contribution in [0.1, 0.15) is 13.8 Å². The van der Waals surface area contributed by atoms with Crippen LogP contribution in [0.25, 0.3) is 0 Å². The topological polar surface area (TPSA) is 51.2 Å². The van der Waals surface area contributed by atoms with Crippen molar-refractivity contribution in [2.75, 3.05) is 59.8 Å². The van der Waals surface area contributed by atoms with E-state index in [4.69, 9.17) is 19.3 Å². The largest absolute Gasteiger partial charge is 0.395 e. The molecule has 0 atom stereocenters. The molecule has 0 amide bonds. The molecule has 0 aliphatic heterocycles. The van der Waals surface area contributed by atoms with Crippen molar-refractivity contribution >= 4 is 0 Å². The Hall–Kier alpha value is -0.200. The third-order valence-corrected chi connectivity index (χ3v) is 2.44. The molecule has 5 heteroatoms. The molecule has 0 rings (SSSR count). The zero-order valence-electron chi connectivity index (χ0n) is 11.4. The molecule has 0 spiro atoms. The van der Waals surface area contributed by atoms with Gasteiger partial charge in [-0.3, -0.25) is 4.90 Å². The van der Waals surface area contributed by atoms with E-state index in [-0.39, 0.29) is 6.61 Å². The first-order chi connectivity index (χ1) is 8.22. The van der Waals surface area contributed by atoms with E-state index < -0.39 is 0 Å². The monoisotopic (exact) mass is 249 g/mol. The number of hydrogen-bond donors (Lipinski definition) is 1. The maximum Gasteiger partial charge on any atom is 0.0701 e. The van der Waals surface area contributed by atoms with E-state index in [0.717, 1.165) is 6.54 Å². The molecule has 0 heterocycles. The number of aliphatic hydroxyl groups excluding tert-OH is 1. The Morgan fingerprint density at radius 1 is 0.941 bits per heavy atom. The van der Waals surface area contributed by atoms with E-state index in [1.54, 1.807) is 7.11 Å². The van der Waals surface area contributed by atoms with Gasteiger partial charge in [-0.2, -0.15) is 0 Å². The zero-order chi connectivity index (χ0) is 12.9. The van der Waals surface area contributed by atoms with Crippen molar-refractivity contribution in [3.63, 3.8) is 0 Å². The van der Waals surface area contributed by atoms with Crippen LogP contribution in [0.3, 0.4) is 0 Å². The molecule has 0 fully saturated rings. The Bertz CT molecular complexity index is 155. The molecule has 0 aliphatic carbocycles. The normalized spacial score (nSPS) is 11.6. The summed E-state index contributed by atoms with van der Waals surface area (Å²) < 4.78 is 15.6. The first-order valence-corrected chi connectivity index (χ1v) is 6.21. The highest BCUT2D eigenvalue weighted by Gasteiger charge is 2.07. The van der Waals surface area contributed by atoms with E-state index in [9.17, 15) is 0 Å². The number of methoxy groups -OCH3 is 1. The lowest BCUT2D eigenvalue weighted by atomic mass is 10.3. The second kappa shape index (κ2) is 12.3. The second-order valence-electron chi connectivity index (χ2n) is 4.07. The van der Waals surface area contributed by atoms with Gasteiger partial charge in [0, 0.05) is 26.2 Å². The van der Waals surface area contributed by atoms with Crippen LogP contribution in [0, 0.1) is 0 Å². The summed E-state index contributed by atoms with van der Waals surface area (Å²) in [5.41, 5.74) is 0. The third kappa shape index (κ3) is 10.7. The van der Waals surface area contributed by atoms with Gasteiger partial charge in [0.05, 0.1) is 39.6 Å². The number of ether oxygens (including phenoxy) is 3. The van der Waals surface area contributed by atoms with Crippen LogP contribution in [0.15, 0.2) is 0 Å². The first kappa shape index (κ1) is 16.8. The summed E-state index contributed by atoms with van der Waals surface area (Å²) in [5.74, 6) is 0. The Kier molecular flexibility index (Phi) is 12.1. The van der Waals surface area contributed by atoms with Crippen LogP contribution in [0.2, 0.25) is 0 Å². The molecule has 0 saturated heterocycles. The lowest BCUT2D eigenvalue weighted by molar-refractivity contribution is 0.0163. The van der Waals surface area contributed by atoms with E-state index in [0.29, 0.717) is 45.6 Å². The Labute approximate surface area is 105 Å². The molecule has 0 aromatic carbocycles. The lowest BCUT2D eigenvalue weighted by Gasteiger charge is -2.25. The fourth-order valence-electron chi connectivity index (χ4n) is 1.40. The number of nitrogens with zero attached hydrogens (tertiary/aromatic N) is 1. The van der Waals surface area contributed by atoms with E-state index in [1.807, 2.05) is 0 Å².